The highest BCUT2D eigenvalue weighted by Gasteiger charge is 2.62. The van der Waals surface area contributed by atoms with Crippen molar-refractivity contribution in [1.29, 1.82) is 0 Å². The summed E-state index contributed by atoms with van der Waals surface area (Å²) in [7, 11) is 0. The number of ketones is 3. The Balaban J connectivity index is 0. The Bertz CT molecular complexity index is 1050. The van der Waals surface area contributed by atoms with Crippen molar-refractivity contribution in [1.82, 2.24) is 5.32 Å². The average Bonchev–Trinajstić information content (AvgIpc) is 2.89. The van der Waals surface area contributed by atoms with Crippen molar-refractivity contribution < 1.29 is 49.2 Å². The molecule has 0 aliphatic carbocycles. The van der Waals surface area contributed by atoms with Crippen LogP contribution in [0.5, 0.6) is 0 Å². The number of nitrogens with one attached hydrogen (secondary N) is 1. The zero-order valence-electron chi connectivity index (χ0n) is 28.9. The SMILES string of the molecule is CC(=O)N[C@H](C(=O)C(C(=O)O)(C(=O)[C@@H](N)C(C)C)C(O)C(N)CC(C)C)C(C)C.CC(C)CC(N)C(O)C(C(=O)O)C(=O)[C@H](C)N. The Morgan fingerprint density at radius 1 is 0.696 bits per heavy atom. The fourth-order valence-corrected chi connectivity index (χ4v) is 4.96. The van der Waals surface area contributed by atoms with Crippen molar-refractivity contribution in [2.75, 3.05) is 0 Å². The highest BCUT2D eigenvalue weighted by atomic mass is 16.4. The van der Waals surface area contributed by atoms with Crippen LogP contribution < -0.4 is 28.3 Å². The lowest BCUT2D eigenvalue weighted by molar-refractivity contribution is -0.172. The van der Waals surface area contributed by atoms with Gasteiger partial charge in [-0.3, -0.25) is 28.8 Å². The van der Waals surface area contributed by atoms with Crippen LogP contribution in [0.2, 0.25) is 0 Å². The molecule has 6 unspecified atom stereocenters. The summed E-state index contributed by atoms with van der Waals surface area (Å²) in [4.78, 5) is 73.4. The van der Waals surface area contributed by atoms with E-state index in [1.54, 1.807) is 27.7 Å². The van der Waals surface area contributed by atoms with Crippen LogP contribution in [0.25, 0.3) is 0 Å². The van der Waals surface area contributed by atoms with E-state index in [1.165, 1.54) is 13.8 Å². The molecule has 0 aliphatic rings. The molecule has 0 heterocycles. The maximum absolute atomic E-state index is 13.5. The first-order valence-electron chi connectivity index (χ1n) is 15.5. The molecule has 15 heteroatoms. The molecule has 0 spiro atoms. The van der Waals surface area contributed by atoms with E-state index in [-0.39, 0.29) is 18.3 Å². The van der Waals surface area contributed by atoms with Crippen molar-refractivity contribution in [2.24, 2.45) is 57.9 Å². The number of hydrogen-bond acceptors (Lipinski definition) is 12. The van der Waals surface area contributed by atoms with Gasteiger partial charge in [0.2, 0.25) is 11.3 Å². The molecule has 0 bridgehead atoms. The second kappa shape index (κ2) is 19.8. The lowest BCUT2D eigenvalue weighted by atomic mass is 9.65. The minimum absolute atomic E-state index is 0.0219. The zero-order valence-corrected chi connectivity index (χ0v) is 28.9. The van der Waals surface area contributed by atoms with Gasteiger partial charge in [0.05, 0.1) is 30.3 Å². The molecule has 0 aromatic heterocycles. The molecule has 9 atom stereocenters. The summed E-state index contributed by atoms with van der Waals surface area (Å²) < 4.78 is 0. The zero-order chi connectivity index (χ0) is 37.0. The Morgan fingerprint density at radius 2 is 1.13 bits per heavy atom. The van der Waals surface area contributed by atoms with Gasteiger partial charge in [0, 0.05) is 19.0 Å². The van der Waals surface area contributed by atoms with E-state index in [0.717, 1.165) is 0 Å². The van der Waals surface area contributed by atoms with E-state index in [1.807, 2.05) is 27.7 Å². The predicted molar refractivity (Wildman–Crippen MR) is 172 cm³/mol. The number of aliphatic hydroxyl groups excluding tert-OH is 2. The number of carbonyl (C=O) groups is 6. The number of carbonyl (C=O) groups excluding carboxylic acids is 4. The molecule has 13 N–H and O–H groups in total. The van der Waals surface area contributed by atoms with Crippen LogP contribution in [-0.4, -0.2) is 98.0 Å². The summed E-state index contributed by atoms with van der Waals surface area (Å²) in [5, 5.41) is 42.2. The van der Waals surface area contributed by atoms with Gasteiger partial charge >= 0.3 is 11.9 Å². The summed E-state index contributed by atoms with van der Waals surface area (Å²) in [6.45, 7) is 16.4. The molecular formula is C31H59N5O10. The molecular weight excluding hydrogens is 602 g/mol. The van der Waals surface area contributed by atoms with Crippen LogP contribution in [0.15, 0.2) is 0 Å². The molecule has 15 nitrogen and oxygen atoms in total. The van der Waals surface area contributed by atoms with Crippen molar-refractivity contribution >= 4 is 35.2 Å². The normalized spacial score (nSPS) is 18.3. The Morgan fingerprint density at radius 3 is 1.43 bits per heavy atom. The van der Waals surface area contributed by atoms with E-state index in [2.05, 4.69) is 5.32 Å². The van der Waals surface area contributed by atoms with Crippen LogP contribution >= 0.6 is 0 Å². The summed E-state index contributed by atoms with van der Waals surface area (Å²) in [6.07, 6.45) is -2.80. The van der Waals surface area contributed by atoms with Crippen LogP contribution in [0.4, 0.5) is 0 Å². The third-order valence-corrected chi connectivity index (χ3v) is 7.58. The number of aliphatic carboxylic acids is 2. The van der Waals surface area contributed by atoms with Gasteiger partial charge in [0.25, 0.3) is 0 Å². The van der Waals surface area contributed by atoms with E-state index in [4.69, 9.17) is 28.0 Å². The number of aliphatic hydroxyl groups is 2. The number of carboxylic acid groups (broad SMARTS) is 2. The maximum Gasteiger partial charge on any atom is 0.327 e. The monoisotopic (exact) mass is 661 g/mol. The first-order valence-corrected chi connectivity index (χ1v) is 15.5. The van der Waals surface area contributed by atoms with Gasteiger partial charge in [-0.1, -0.05) is 55.4 Å². The summed E-state index contributed by atoms with van der Waals surface area (Å²) in [5.41, 5.74) is 20.1. The fourth-order valence-electron chi connectivity index (χ4n) is 4.96. The summed E-state index contributed by atoms with van der Waals surface area (Å²) >= 11 is 0. The molecule has 1 amide bonds. The molecule has 0 saturated heterocycles. The van der Waals surface area contributed by atoms with Gasteiger partial charge in [0.1, 0.15) is 5.92 Å². The minimum atomic E-state index is -2.89. The van der Waals surface area contributed by atoms with Gasteiger partial charge in [-0.05, 0) is 43.4 Å². The standard InChI is InChI=1S/C20H37N3O6.C11H22N2O4/c1-9(2)8-13(21)16(25)20(19(28)29,17(26)14(22)10(3)4)18(27)15(11(5)6)23-12(7)24;1-5(2)4-7(13)10(15)8(11(16)17)9(14)6(3)12/h9-11,13-16,25H,8,21-22H2,1-7H3,(H,23,24)(H,28,29);5-8,10,15H,4,12-13H2,1-3H3,(H,16,17)/t13?,14-,15-,16?,20?;6-,7?,8?,10?/m00/s1. The molecule has 0 radical (unpaired) electrons. The van der Waals surface area contributed by atoms with Crippen molar-refractivity contribution in [3.8, 4) is 0 Å². The van der Waals surface area contributed by atoms with Crippen LogP contribution in [0.3, 0.4) is 0 Å². The van der Waals surface area contributed by atoms with Crippen molar-refractivity contribution in [2.45, 2.75) is 124 Å². The Labute approximate surface area is 272 Å². The summed E-state index contributed by atoms with van der Waals surface area (Å²) in [6, 6.07) is -5.48. The summed E-state index contributed by atoms with van der Waals surface area (Å²) in [5.74, 6) is -9.12. The number of Topliss-reactive ketones (excluding diaryl/α,β-unsaturated/α-hetero) is 3. The van der Waals surface area contributed by atoms with Crippen molar-refractivity contribution in [3.63, 3.8) is 0 Å². The third kappa shape index (κ3) is 12.4. The largest absolute Gasteiger partial charge is 0.481 e. The quantitative estimate of drug-likeness (QED) is 0.0782. The number of hydrogen-bond donors (Lipinski definition) is 9. The lowest BCUT2D eigenvalue weighted by Crippen LogP contribution is -2.68. The highest BCUT2D eigenvalue weighted by Crippen LogP contribution is 2.34. The van der Waals surface area contributed by atoms with Crippen LogP contribution in [0.1, 0.15) is 82.1 Å². The number of carboxylic acids is 2. The van der Waals surface area contributed by atoms with Crippen LogP contribution in [-0.2, 0) is 28.8 Å². The molecule has 0 rings (SSSR count). The Hall–Kier alpha value is -2.82. The molecule has 0 fully saturated rings. The van der Waals surface area contributed by atoms with Crippen LogP contribution in [0, 0.1) is 35.0 Å². The smallest absolute Gasteiger partial charge is 0.327 e. The predicted octanol–water partition coefficient (Wildman–Crippen LogP) is -0.588. The molecule has 0 aromatic rings. The maximum atomic E-state index is 13.5. The second-order valence-electron chi connectivity index (χ2n) is 13.6. The van der Waals surface area contributed by atoms with Crippen molar-refractivity contribution in [3.05, 3.63) is 0 Å². The molecule has 0 saturated carbocycles. The molecule has 0 aliphatic heterocycles. The molecule has 46 heavy (non-hydrogen) atoms. The first kappa shape index (κ1) is 45.3. The second-order valence-corrected chi connectivity index (χ2v) is 13.6. The first-order chi connectivity index (χ1) is 20.8. The van der Waals surface area contributed by atoms with Gasteiger partial charge < -0.3 is 48.7 Å². The highest BCUT2D eigenvalue weighted by molar-refractivity contribution is 6.25. The topological polar surface area (TPSA) is 299 Å². The minimum Gasteiger partial charge on any atom is -0.481 e. The molecule has 0 aromatic carbocycles. The van der Waals surface area contributed by atoms with E-state index >= 15 is 0 Å². The number of nitrogens with two attached hydrogens (primary N) is 4. The van der Waals surface area contributed by atoms with Gasteiger partial charge in [-0.25, -0.2) is 0 Å². The number of amides is 1. The van der Waals surface area contributed by atoms with E-state index in [9.17, 15) is 44.1 Å². The van der Waals surface area contributed by atoms with Gasteiger partial charge in [-0.15, -0.1) is 0 Å². The lowest BCUT2D eigenvalue weighted by Gasteiger charge is -2.39. The molecule has 268 valence electrons. The third-order valence-electron chi connectivity index (χ3n) is 7.58. The fraction of sp³-hybridized carbons (Fsp3) is 0.806. The average molecular weight is 662 g/mol. The van der Waals surface area contributed by atoms with E-state index < -0.39 is 101 Å². The van der Waals surface area contributed by atoms with Gasteiger partial charge in [0.15, 0.2) is 17.3 Å². The Kier molecular flexibility index (Phi) is 19.5. The van der Waals surface area contributed by atoms with Gasteiger partial charge in [-0.2, -0.15) is 0 Å². The number of rotatable bonds is 19. The van der Waals surface area contributed by atoms with E-state index in [0.29, 0.717) is 6.42 Å².